The number of nitrogens with one attached hydrogen (secondary N) is 1. The van der Waals surface area contributed by atoms with Crippen LogP contribution in [0.4, 0.5) is 4.79 Å². The van der Waals surface area contributed by atoms with Gasteiger partial charge in [-0.1, -0.05) is 17.7 Å². The molecule has 1 aliphatic heterocycles. The Balaban J connectivity index is 1.69. The molecule has 6 heteroatoms. The third kappa shape index (κ3) is 4.65. The molecule has 1 fully saturated rings. The predicted octanol–water partition coefficient (Wildman–Crippen LogP) is 1.72. The molecular weight excluding hydrogens is 284 g/mol. The second-order valence-corrected chi connectivity index (χ2v) is 5.40. The monoisotopic (exact) mass is 306 g/mol. The Morgan fingerprint density at radius 3 is 2.45 bits per heavy atom. The Bertz CT molecular complexity index is 507. The summed E-state index contributed by atoms with van der Waals surface area (Å²) in [6.07, 6.45) is 1.14. The van der Waals surface area contributed by atoms with E-state index in [2.05, 4.69) is 10.1 Å². The molecule has 1 saturated heterocycles. The Labute approximate surface area is 130 Å². The fourth-order valence-corrected chi connectivity index (χ4v) is 2.39. The quantitative estimate of drug-likeness (QED) is 0.919. The van der Waals surface area contributed by atoms with E-state index in [1.165, 1.54) is 7.11 Å². The molecule has 0 spiro atoms. The summed E-state index contributed by atoms with van der Waals surface area (Å²) in [4.78, 5) is 24.9. The standard InChI is InChI=1S/C16H22N2O4/c1-12-3-5-14(6-4-12)22-11-15(19)17-13-7-9-18(10-8-13)16(20)21-2/h3-6,13H,7-11H2,1-2H3,(H,17,19). The van der Waals surface area contributed by atoms with Crippen LogP contribution >= 0.6 is 0 Å². The van der Waals surface area contributed by atoms with Gasteiger partial charge in [0.2, 0.25) is 0 Å². The van der Waals surface area contributed by atoms with Crippen molar-refractivity contribution in [2.24, 2.45) is 0 Å². The topological polar surface area (TPSA) is 67.9 Å². The Morgan fingerprint density at radius 1 is 1.23 bits per heavy atom. The van der Waals surface area contributed by atoms with Crippen LogP contribution < -0.4 is 10.1 Å². The first-order valence-corrected chi connectivity index (χ1v) is 7.40. The van der Waals surface area contributed by atoms with E-state index in [-0.39, 0.29) is 24.6 Å². The molecule has 1 aromatic rings. The largest absolute Gasteiger partial charge is 0.484 e. The van der Waals surface area contributed by atoms with Gasteiger partial charge < -0.3 is 19.7 Å². The average molecular weight is 306 g/mol. The lowest BCUT2D eigenvalue weighted by Crippen LogP contribution is -2.47. The summed E-state index contributed by atoms with van der Waals surface area (Å²) < 4.78 is 10.1. The molecule has 2 amide bonds. The highest BCUT2D eigenvalue weighted by Crippen LogP contribution is 2.12. The molecule has 0 unspecified atom stereocenters. The number of carbonyl (C=O) groups is 2. The molecule has 0 aliphatic carbocycles. The molecule has 1 aromatic carbocycles. The van der Waals surface area contributed by atoms with Crippen molar-refractivity contribution in [1.82, 2.24) is 10.2 Å². The number of carbonyl (C=O) groups excluding carboxylic acids is 2. The fourth-order valence-electron chi connectivity index (χ4n) is 2.39. The summed E-state index contributed by atoms with van der Waals surface area (Å²) in [5, 5.41) is 2.94. The van der Waals surface area contributed by atoms with E-state index in [0.29, 0.717) is 18.8 Å². The van der Waals surface area contributed by atoms with Crippen molar-refractivity contribution in [3.05, 3.63) is 29.8 Å². The summed E-state index contributed by atoms with van der Waals surface area (Å²) in [6.45, 7) is 3.18. The first-order chi connectivity index (χ1) is 10.6. The maximum absolute atomic E-state index is 11.9. The predicted molar refractivity (Wildman–Crippen MR) is 81.8 cm³/mol. The number of piperidine rings is 1. The molecule has 22 heavy (non-hydrogen) atoms. The number of rotatable bonds is 4. The van der Waals surface area contributed by atoms with Crippen LogP contribution in [0.25, 0.3) is 0 Å². The van der Waals surface area contributed by atoms with Crippen LogP contribution in [0.1, 0.15) is 18.4 Å². The summed E-state index contributed by atoms with van der Waals surface area (Å²) in [7, 11) is 1.37. The van der Waals surface area contributed by atoms with Gasteiger partial charge in [-0.15, -0.1) is 0 Å². The number of amides is 2. The normalized spacial score (nSPS) is 15.3. The van der Waals surface area contributed by atoms with Crippen molar-refractivity contribution in [1.29, 1.82) is 0 Å². The minimum atomic E-state index is -0.313. The van der Waals surface area contributed by atoms with Gasteiger partial charge in [-0.3, -0.25) is 4.79 Å². The lowest BCUT2D eigenvalue weighted by Gasteiger charge is -2.31. The van der Waals surface area contributed by atoms with Gasteiger partial charge in [-0.05, 0) is 31.9 Å². The first-order valence-electron chi connectivity index (χ1n) is 7.40. The molecule has 1 N–H and O–H groups in total. The van der Waals surface area contributed by atoms with Gasteiger partial charge in [0.15, 0.2) is 6.61 Å². The summed E-state index contributed by atoms with van der Waals surface area (Å²) in [5.74, 6) is 0.540. The smallest absolute Gasteiger partial charge is 0.409 e. The molecule has 0 radical (unpaired) electrons. The van der Waals surface area contributed by atoms with Gasteiger partial charge in [0.25, 0.3) is 5.91 Å². The third-order valence-electron chi connectivity index (χ3n) is 3.68. The fraction of sp³-hybridized carbons (Fsp3) is 0.500. The molecule has 0 atom stereocenters. The van der Waals surface area contributed by atoms with Crippen molar-refractivity contribution in [3.63, 3.8) is 0 Å². The Morgan fingerprint density at radius 2 is 1.86 bits per heavy atom. The molecule has 120 valence electrons. The van der Waals surface area contributed by atoms with Crippen molar-refractivity contribution < 1.29 is 19.1 Å². The number of methoxy groups -OCH3 is 1. The van der Waals surface area contributed by atoms with Crippen LogP contribution in [0.15, 0.2) is 24.3 Å². The van der Waals surface area contributed by atoms with Gasteiger partial charge in [-0.25, -0.2) is 4.79 Å². The maximum atomic E-state index is 11.9. The zero-order chi connectivity index (χ0) is 15.9. The van der Waals surface area contributed by atoms with Crippen molar-refractivity contribution in [3.8, 4) is 5.75 Å². The zero-order valence-electron chi connectivity index (χ0n) is 13.0. The van der Waals surface area contributed by atoms with E-state index < -0.39 is 0 Å². The highest BCUT2D eigenvalue weighted by Gasteiger charge is 2.24. The number of benzene rings is 1. The molecule has 0 bridgehead atoms. The van der Waals surface area contributed by atoms with Gasteiger partial charge in [-0.2, -0.15) is 0 Å². The van der Waals surface area contributed by atoms with Crippen LogP contribution in [0, 0.1) is 6.92 Å². The van der Waals surface area contributed by atoms with Crippen molar-refractivity contribution in [2.75, 3.05) is 26.8 Å². The average Bonchev–Trinajstić information content (AvgIpc) is 2.54. The van der Waals surface area contributed by atoms with E-state index >= 15 is 0 Å². The van der Waals surface area contributed by atoms with E-state index in [4.69, 9.17) is 4.74 Å². The second-order valence-electron chi connectivity index (χ2n) is 5.40. The van der Waals surface area contributed by atoms with E-state index in [9.17, 15) is 9.59 Å². The molecule has 1 aliphatic rings. The lowest BCUT2D eigenvalue weighted by molar-refractivity contribution is -0.124. The van der Waals surface area contributed by atoms with Crippen molar-refractivity contribution >= 4 is 12.0 Å². The SMILES string of the molecule is COC(=O)N1CCC(NC(=O)COc2ccc(C)cc2)CC1. The van der Waals surface area contributed by atoms with Gasteiger partial charge in [0, 0.05) is 19.1 Å². The number of ether oxygens (including phenoxy) is 2. The molecule has 6 nitrogen and oxygen atoms in total. The number of likely N-dealkylation sites (tertiary alicyclic amines) is 1. The number of hydrogen-bond donors (Lipinski definition) is 1. The minimum absolute atomic E-state index is 0.000275. The van der Waals surface area contributed by atoms with Gasteiger partial charge in [0.1, 0.15) is 5.75 Å². The minimum Gasteiger partial charge on any atom is -0.484 e. The van der Waals surface area contributed by atoms with Gasteiger partial charge in [0.05, 0.1) is 7.11 Å². The molecule has 2 rings (SSSR count). The Hall–Kier alpha value is -2.24. The molecular formula is C16H22N2O4. The van der Waals surface area contributed by atoms with Crippen molar-refractivity contribution in [2.45, 2.75) is 25.8 Å². The van der Waals surface area contributed by atoms with Crippen LogP contribution in [-0.2, 0) is 9.53 Å². The highest BCUT2D eigenvalue weighted by molar-refractivity contribution is 5.77. The van der Waals surface area contributed by atoms with Crippen LogP contribution in [-0.4, -0.2) is 49.7 Å². The number of aryl methyl sites for hydroxylation is 1. The molecule has 1 heterocycles. The highest BCUT2D eigenvalue weighted by atomic mass is 16.5. The lowest BCUT2D eigenvalue weighted by atomic mass is 10.1. The van der Waals surface area contributed by atoms with E-state index in [1.807, 2.05) is 31.2 Å². The van der Waals surface area contributed by atoms with Gasteiger partial charge >= 0.3 is 6.09 Å². The second kappa shape index (κ2) is 7.68. The van der Waals surface area contributed by atoms with Crippen LogP contribution in [0.5, 0.6) is 5.75 Å². The first kappa shape index (κ1) is 16.1. The van der Waals surface area contributed by atoms with Crippen LogP contribution in [0.2, 0.25) is 0 Å². The zero-order valence-corrected chi connectivity index (χ0v) is 13.0. The van der Waals surface area contributed by atoms with E-state index in [1.54, 1.807) is 4.90 Å². The van der Waals surface area contributed by atoms with E-state index in [0.717, 1.165) is 18.4 Å². The van der Waals surface area contributed by atoms with Crippen LogP contribution in [0.3, 0.4) is 0 Å². The Kier molecular flexibility index (Phi) is 5.63. The summed E-state index contributed by atoms with van der Waals surface area (Å²) >= 11 is 0. The molecule has 0 aromatic heterocycles. The maximum Gasteiger partial charge on any atom is 0.409 e. The summed E-state index contributed by atoms with van der Waals surface area (Å²) in [5.41, 5.74) is 1.15. The number of hydrogen-bond acceptors (Lipinski definition) is 4. The number of nitrogens with zero attached hydrogens (tertiary/aromatic N) is 1. The molecule has 0 saturated carbocycles. The third-order valence-corrected chi connectivity index (χ3v) is 3.68. The summed E-state index contributed by atoms with van der Waals surface area (Å²) in [6, 6.07) is 7.65.